The van der Waals surface area contributed by atoms with Crippen molar-refractivity contribution in [3.05, 3.63) is 71.8 Å². The first-order valence-corrected chi connectivity index (χ1v) is 7.39. The van der Waals surface area contributed by atoms with Gasteiger partial charge in [0.25, 0.3) is 5.91 Å². The van der Waals surface area contributed by atoms with E-state index in [2.05, 4.69) is 5.32 Å². The molecule has 1 unspecified atom stereocenters. The van der Waals surface area contributed by atoms with Gasteiger partial charge in [-0.25, -0.2) is 4.79 Å². The zero-order valence-electron chi connectivity index (χ0n) is 12.8. The normalized spacial score (nSPS) is 13.0. The van der Waals surface area contributed by atoms with Crippen LogP contribution in [0.3, 0.4) is 0 Å². The molecule has 0 fully saturated rings. The van der Waals surface area contributed by atoms with E-state index < -0.39 is 18.1 Å². The molecule has 0 spiro atoms. The van der Waals surface area contributed by atoms with E-state index in [0.29, 0.717) is 11.1 Å². The van der Waals surface area contributed by atoms with Crippen LogP contribution < -0.4 is 5.32 Å². The van der Waals surface area contributed by atoms with E-state index in [0.717, 1.165) is 0 Å². The Hall–Kier alpha value is -2.66. The summed E-state index contributed by atoms with van der Waals surface area (Å²) in [5.41, 5.74) is 1.07. The van der Waals surface area contributed by atoms with Gasteiger partial charge in [0, 0.05) is 5.56 Å². The predicted octanol–water partition coefficient (Wildman–Crippen LogP) is 2.08. The molecule has 120 valence electrons. The summed E-state index contributed by atoms with van der Waals surface area (Å²) in [7, 11) is 0. The Balaban J connectivity index is 2.23. The third-order valence-electron chi connectivity index (χ3n) is 3.33. The molecule has 23 heavy (non-hydrogen) atoms. The number of hydrogen-bond acceptors (Lipinski definition) is 4. The van der Waals surface area contributed by atoms with Crippen LogP contribution in [-0.4, -0.2) is 29.7 Å². The predicted molar refractivity (Wildman–Crippen MR) is 85.7 cm³/mol. The van der Waals surface area contributed by atoms with Gasteiger partial charge in [-0.05, 0) is 24.6 Å². The molecule has 5 nitrogen and oxygen atoms in total. The zero-order chi connectivity index (χ0) is 16.7. The molecule has 5 heteroatoms. The van der Waals surface area contributed by atoms with Crippen molar-refractivity contribution in [3.63, 3.8) is 0 Å². The van der Waals surface area contributed by atoms with Gasteiger partial charge in [-0.1, -0.05) is 48.5 Å². The Morgan fingerprint density at radius 1 is 1.04 bits per heavy atom. The van der Waals surface area contributed by atoms with Crippen molar-refractivity contribution < 1.29 is 19.4 Å². The molecule has 2 aromatic rings. The molecule has 2 atom stereocenters. The standard InChI is InChI=1S/C18H19NO4/c1-2-23-18(22)16(20)15(13-9-5-3-6-10-13)19-17(21)14-11-7-4-8-12-14/h3-12,15-16,20H,2H2,1H3,(H,19,21)/t15-,16?/m1/s1. The molecular weight excluding hydrogens is 294 g/mol. The summed E-state index contributed by atoms with van der Waals surface area (Å²) in [4.78, 5) is 24.2. The molecule has 2 rings (SSSR count). The first-order valence-electron chi connectivity index (χ1n) is 7.39. The highest BCUT2D eigenvalue weighted by Crippen LogP contribution is 2.19. The van der Waals surface area contributed by atoms with E-state index >= 15 is 0 Å². The Morgan fingerprint density at radius 3 is 2.17 bits per heavy atom. The largest absolute Gasteiger partial charge is 0.464 e. The quantitative estimate of drug-likeness (QED) is 0.801. The van der Waals surface area contributed by atoms with Crippen molar-refractivity contribution in [2.45, 2.75) is 19.1 Å². The molecule has 0 aromatic heterocycles. The third kappa shape index (κ3) is 4.40. The van der Waals surface area contributed by atoms with Crippen molar-refractivity contribution >= 4 is 11.9 Å². The highest BCUT2D eigenvalue weighted by atomic mass is 16.5. The van der Waals surface area contributed by atoms with E-state index in [1.54, 1.807) is 61.5 Å². The smallest absolute Gasteiger partial charge is 0.337 e. The van der Waals surface area contributed by atoms with Gasteiger partial charge >= 0.3 is 5.97 Å². The summed E-state index contributed by atoms with van der Waals surface area (Å²) in [5.74, 6) is -1.14. The summed E-state index contributed by atoms with van der Waals surface area (Å²) in [6.07, 6.45) is -1.48. The number of aliphatic hydroxyl groups excluding tert-OH is 1. The molecule has 0 aliphatic heterocycles. The van der Waals surface area contributed by atoms with Gasteiger partial charge in [-0.3, -0.25) is 4.79 Å². The average Bonchev–Trinajstić information content (AvgIpc) is 2.60. The van der Waals surface area contributed by atoms with Crippen molar-refractivity contribution in [1.82, 2.24) is 5.32 Å². The van der Waals surface area contributed by atoms with Crippen LogP contribution in [0.15, 0.2) is 60.7 Å². The monoisotopic (exact) mass is 313 g/mol. The van der Waals surface area contributed by atoms with Gasteiger partial charge in [-0.15, -0.1) is 0 Å². The summed E-state index contributed by atoms with van der Waals surface area (Å²) in [6, 6.07) is 16.6. The minimum absolute atomic E-state index is 0.157. The van der Waals surface area contributed by atoms with Crippen LogP contribution in [0.1, 0.15) is 28.9 Å². The van der Waals surface area contributed by atoms with Crippen molar-refractivity contribution in [1.29, 1.82) is 0 Å². The first-order chi connectivity index (χ1) is 11.1. The Morgan fingerprint density at radius 2 is 1.61 bits per heavy atom. The van der Waals surface area contributed by atoms with Crippen LogP contribution in [-0.2, 0) is 9.53 Å². The molecular formula is C18H19NO4. The Kier molecular flexibility index (Phi) is 5.88. The van der Waals surface area contributed by atoms with Gasteiger partial charge < -0.3 is 15.2 Å². The van der Waals surface area contributed by atoms with Crippen molar-refractivity contribution in [3.8, 4) is 0 Å². The number of hydrogen-bond donors (Lipinski definition) is 2. The lowest BCUT2D eigenvalue weighted by Crippen LogP contribution is -2.41. The lowest BCUT2D eigenvalue weighted by molar-refractivity contribution is -0.154. The van der Waals surface area contributed by atoms with Crippen molar-refractivity contribution in [2.24, 2.45) is 0 Å². The van der Waals surface area contributed by atoms with Gasteiger partial charge in [0.05, 0.1) is 12.6 Å². The summed E-state index contributed by atoms with van der Waals surface area (Å²) in [5, 5.41) is 13.0. The van der Waals surface area contributed by atoms with Crippen LogP contribution in [0.2, 0.25) is 0 Å². The van der Waals surface area contributed by atoms with Crippen LogP contribution in [0.5, 0.6) is 0 Å². The van der Waals surface area contributed by atoms with E-state index in [1.165, 1.54) is 0 Å². The number of ether oxygens (including phenoxy) is 1. The molecule has 2 aromatic carbocycles. The lowest BCUT2D eigenvalue weighted by Gasteiger charge is -2.23. The number of amides is 1. The van der Waals surface area contributed by atoms with Crippen LogP contribution in [0.4, 0.5) is 0 Å². The summed E-state index contributed by atoms with van der Waals surface area (Å²) >= 11 is 0. The maximum Gasteiger partial charge on any atom is 0.337 e. The maximum atomic E-state index is 12.3. The maximum absolute atomic E-state index is 12.3. The average molecular weight is 313 g/mol. The molecule has 0 aliphatic carbocycles. The zero-order valence-corrected chi connectivity index (χ0v) is 12.8. The molecule has 0 aliphatic rings. The second-order valence-corrected chi connectivity index (χ2v) is 4.92. The number of carbonyl (C=O) groups is 2. The molecule has 0 bridgehead atoms. The number of esters is 1. The van der Waals surface area contributed by atoms with Crippen LogP contribution in [0.25, 0.3) is 0 Å². The number of aliphatic hydroxyl groups is 1. The Bertz CT molecular complexity index is 643. The fourth-order valence-electron chi connectivity index (χ4n) is 2.18. The molecule has 1 amide bonds. The third-order valence-corrected chi connectivity index (χ3v) is 3.33. The van der Waals surface area contributed by atoms with E-state index in [4.69, 9.17) is 4.74 Å². The van der Waals surface area contributed by atoms with E-state index in [9.17, 15) is 14.7 Å². The number of rotatable bonds is 6. The molecule has 2 N–H and O–H groups in total. The Labute approximate surface area is 134 Å². The molecule has 0 radical (unpaired) electrons. The minimum Gasteiger partial charge on any atom is -0.464 e. The number of carbonyl (C=O) groups excluding carboxylic acids is 2. The SMILES string of the molecule is CCOC(=O)C(O)[C@H](NC(=O)c1ccccc1)c1ccccc1. The molecule has 0 heterocycles. The van der Waals surface area contributed by atoms with Gasteiger partial charge in [-0.2, -0.15) is 0 Å². The summed E-state index contributed by atoms with van der Waals surface area (Å²) < 4.78 is 4.85. The number of benzene rings is 2. The van der Waals surface area contributed by atoms with Gasteiger partial charge in [0.2, 0.25) is 0 Å². The number of nitrogens with one attached hydrogen (secondary N) is 1. The van der Waals surface area contributed by atoms with E-state index in [1.807, 2.05) is 6.07 Å². The van der Waals surface area contributed by atoms with Crippen molar-refractivity contribution in [2.75, 3.05) is 6.61 Å². The topological polar surface area (TPSA) is 75.6 Å². The second kappa shape index (κ2) is 8.10. The molecule has 0 saturated heterocycles. The fourth-order valence-corrected chi connectivity index (χ4v) is 2.18. The fraction of sp³-hybridized carbons (Fsp3) is 0.222. The lowest BCUT2D eigenvalue weighted by atomic mass is 10.0. The van der Waals surface area contributed by atoms with Gasteiger partial charge in [0.15, 0.2) is 6.10 Å². The van der Waals surface area contributed by atoms with Crippen LogP contribution >= 0.6 is 0 Å². The summed E-state index contributed by atoms with van der Waals surface area (Å²) in [6.45, 7) is 1.81. The highest BCUT2D eigenvalue weighted by Gasteiger charge is 2.30. The van der Waals surface area contributed by atoms with E-state index in [-0.39, 0.29) is 12.5 Å². The van der Waals surface area contributed by atoms with Crippen LogP contribution in [0, 0.1) is 0 Å². The first kappa shape index (κ1) is 16.7. The second-order valence-electron chi connectivity index (χ2n) is 4.92. The molecule has 0 saturated carbocycles. The minimum atomic E-state index is -1.48. The highest BCUT2D eigenvalue weighted by molar-refractivity contribution is 5.94. The van der Waals surface area contributed by atoms with Gasteiger partial charge in [0.1, 0.15) is 0 Å².